The molecule has 1 saturated heterocycles. The zero-order valence-electron chi connectivity index (χ0n) is 15.5. The quantitative estimate of drug-likeness (QED) is 0.761. The number of aromatic nitrogens is 1. The molecule has 1 N–H and O–H groups in total. The van der Waals surface area contributed by atoms with Gasteiger partial charge in [0.05, 0.1) is 11.1 Å². The number of benzene rings is 2. The first-order valence-corrected chi connectivity index (χ1v) is 9.50. The average molecular weight is 379 g/mol. The molecule has 2 heterocycles. The maximum Gasteiger partial charge on any atom is 0.256 e. The maximum absolute atomic E-state index is 14.4. The van der Waals surface area contributed by atoms with Crippen LogP contribution in [-0.4, -0.2) is 41.6 Å². The summed E-state index contributed by atoms with van der Waals surface area (Å²) in [5, 5.41) is 3.89. The third-order valence-corrected chi connectivity index (χ3v) is 5.13. The summed E-state index contributed by atoms with van der Waals surface area (Å²) in [7, 11) is 0. The van der Waals surface area contributed by atoms with Crippen molar-refractivity contribution in [3.63, 3.8) is 0 Å². The topological polar surface area (TPSA) is 54.3 Å². The van der Waals surface area contributed by atoms with Gasteiger partial charge in [-0.15, -0.1) is 0 Å². The Balaban J connectivity index is 1.65. The van der Waals surface area contributed by atoms with Gasteiger partial charge in [0.2, 0.25) is 0 Å². The number of rotatable bonds is 3. The molecule has 3 aromatic rings. The number of nitrogens with zero attached hydrogens (tertiary/aromatic N) is 2. The van der Waals surface area contributed by atoms with Gasteiger partial charge in [0, 0.05) is 43.8 Å². The number of hydrogen-bond acceptors (Lipinski definition) is 3. The molecule has 1 aliphatic heterocycles. The Bertz CT molecular complexity index is 1070. The van der Waals surface area contributed by atoms with Crippen molar-refractivity contribution in [2.45, 2.75) is 13.0 Å². The highest BCUT2D eigenvalue weighted by Gasteiger charge is 2.20. The zero-order chi connectivity index (χ0) is 19.5. The number of para-hydroxylation sites is 1. The molecule has 1 amide bonds. The molecular weight excluding hydrogens is 357 g/mol. The normalized spacial score (nSPS) is 14.8. The highest BCUT2D eigenvalue weighted by Crippen LogP contribution is 2.17. The fourth-order valence-corrected chi connectivity index (χ4v) is 3.65. The average Bonchev–Trinajstić information content (AvgIpc) is 3.01. The van der Waals surface area contributed by atoms with Crippen LogP contribution in [0, 0.1) is 5.82 Å². The molecule has 1 fully saturated rings. The molecule has 0 bridgehead atoms. The Morgan fingerprint density at radius 3 is 2.82 bits per heavy atom. The van der Waals surface area contributed by atoms with Crippen molar-refractivity contribution in [2.24, 2.45) is 0 Å². The standard InChI is InChI=1S/C22H22FN3O2/c23-19-7-6-16(14-18(19)22(28)25-11-3-9-24-10-13-25)15-26-12-8-21(27)17-4-1-2-5-20(17)26/h1-2,4-8,12,14,24H,3,9-11,13,15H2. The number of carbonyl (C=O) groups excluding carboxylic acids is 1. The van der Waals surface area contributed by atoms with Crippen molar-refractivity contribution >= 4 is 16.8 Å². The largest absolute Gasteiger partial charge is 0.343 e. The van der Waals surface area contributed by atoms with Crippen molar-refractivity contribution in [3.05, 3.63) is 81.9 Å². The molecule has 0 radical (unpaired) electrons. The zero-order valence-corrected chi connectivity index (χ0v) is 15.5. The van der Waals surface area contributed by atoms with Crippen molar-refractivity contribution in [1.29, 1.82) is 0 Å². The molecule has 144 valence electrons. The predicted molar refractivity (Wildman–Crippen MR) is 107 cm³/mol. The summed E-state index contributed by atoms with van der Waals surface area (Å²) in [6, 6.07) is 13.6. The second kappa shape index (κ2) is 7.94. The number of fused-ring (bicyclic) bond motifs is 1. The first-order chi connectivity index (χ1) is 13.6. The Hall–Kier alpha value is -2.99. The van der Waals surface area contributed by atoms with Gasteiger partial charge in [0.1, 0.15) is 5.82 Å². The van der Waals surface area contributed by atoms with Crippen LogP contribution in [0.15, 0.2) is 59.5 Å². The summed E-state index contributed by atoms with van der Waals surface area (Å²) >= 11 is 0. The first kappa shape index (κ1) is 18.4. The summed E-state index contributed by atoms with van der Waals surface area (Å²) in [5.41, 5.74) is 1.69. The number of pyridine rings is 1. The van der Waals surface area contributed by atoms with E-state index < -0.39 is 5.82 Å². The molecule has 1 aliphatic rings. The number of carbonyl (C=O) groups is 1. The molecule has 28 heavy (non-hydrogen) atoms. The summed E-state index contributed by atoms with van der Waals surface area (Å²) in [6.07, 6.45) is 2.59. The van der Waals surface area contributed by atoms with E-state index in [1.165, 1.54) is 12.1 Å². The number of nitrogens with one attached hydrogen (secondary N) is 1. The minimum atomic E-state index is -0.504. The van der Waals surface area contributed by atoms with Crippen molar-refractivity contribution < 1.29 is 9.18 Å². The number of halogens is 1. The lowest BCUT2D eigenvalue weighted by Crippen LogP contribution is -2.34. The van der Waals surface area contributed by atoms with Gasteiger partial charge in [-0.3, -0.25) is 9.59 Å². The Morgan fingerprint density at radius 2 is 1.93 bits per heavy atom. The number of amides is 1. The van der Waals surface area contributed by atoms with E-state index >= 15 is 0 Å². The van der Waals surface area contributed by atoms with Crippen LogP contribution in [0.2, 0.25) is 0 Å². The Morgan fingerprint density at radius 1 is 1.07 bits per heavy atom. The summed E-state index contributed by atoms with van der Waals surface area (Å²) in [6.45, 7) is 3.23. The van der Waals surface area contributed by atoms with Crippen LogP contribution >= 0.6 is 0 Å². The maximum atomic E-state index is 14.4. The minimum Gasteiger partial charge on any atom is -0.343 e. The Labute approximate surface area is 162 Å². The fourth-order valence-electron chi connectivity index (χ4n) is 3.65. The van der Waals surface area contributed by atoms with Gasteiger partial charge >= 0.3 is 0 Å². The third-order valence-electron chi connectivity index (χ3n) is 5.13. The van der Waals surface area contributed by atoms with Crippen LogP contribution < -0.4 is 10.7 Å². The van der Waals surface area contributed by atoms with Crippen LogP contribution in [0.5, 0.6) is 0 Å². The predicted octanol–water partition coefficient (Wildman–Crippen LogP) is 2.62. The van der Waals surface area contributed by atoms with E-state index in [9.17, 15) is 14.0 Å². The number of hydrogen-bond donors (Lipinski definition) is 1. The van der Waals surface area contributed by atoms with E-state index in [4.69, 9.17) is 0 Å². The second-order valence-corrected chi connectivity index (χ2v) is 7.03. The highest BCUT2D eigenvalue weighted by molar-refractivity contribution is 5.94. The lowest BCUT2D eigenvalue weighted by atomic mass is 10.1. The molecule has 6 heteroatoms. The first-order valence-electron chi connectivity index (χ1n) is 9.50. The van der Waals surface area contributed by atoms with E-state index in [1.807, 2.05) is 22.8 Å². The Kier molecular flexibility index (Phi) is 5.21. The van der Waals surface area contributed by atoms with Crippen molar-refractivity contribution in [3.8, 4) is 0 Å². The van der Waals surface area contributed by atoms with Gasteiger partial charge < -0.3 is 14.8 Å². The molecule has 0 atom stereocenters. The summed E-state index contributed by atoms with van der Waals surface area (Å²) in [5.74, 6) is -0.775. The molecule has 0 saturated carbocycles. The molecule has 0 aliphatic carbocycles. The monoisotopic (exact) mass is 379 g/mol. The lowest BCUT2D eigenvalue weighted by molar-refractivity contribution is 0.0761. The molecule has 0 unspecified atom stereocenters. The summed E-state index contributed by atoms with van der Waals surface area (Å²) < 4.78 is 16.3. The molecule has 1 aromatic heterocycles. The second-order valence-electron chi connectivity index (χ2n) is 7.03. The molecule has 0 spiro atoms. The smallest absolute Gasteiger partial charge is 0.256 e. The molecular formula is C22H22FN3O2. The van der Waals surface area contributed by atoms with Crippen LogP contribution in [0.25, 0.3) is 10.9 Å². The molecule has 2 aromatic carbocycles. The fraction of sp³-hybridized carbons (Fsp3) is 0.273. The van der Waals surface area contributed by atoms with Crippen LogP contribution in [-0.2, 0) is 6.54 Å². The van der Waals surface area contributed by atoms with Crippen LogP contribution in [0.1, 0.15) is 22.3 Å². The lowest BCUT2D eigenvalue weighted by Gasteiger charge is -2.21. The summed E-state index contributed by atoms with van der Waals surface area (Å²) in [4.78, 5) is 26.6. The van der Waals surface area contributed by atoms with Gasteiger partial charge in [-0.2, -0.15) is 0 Å². The minimum absolute atomic E-state index is 0.0309. The highest BCUT2D eigenvalue weighted by atomic mass is 19.1. The van der Waals surface area contributed by atoms with E-state index in [1.54, 1.807) is 29.3 Å². The van der Waals surface area contributed by atoms with Crippen LogP contribution in [0.3, 0.4) is 0 Å². The SMILES string of the molecule is O=C(c1cc(Cn2ccc(=O)c3ccccc32)ccc1F)N1CCCNCC1. The van der Waals surface area contributed by atoms with E-state index in [2.05, 4.69) is 5.32 Å². The van der Waals surface area contributed by atoms with Gasteiger partial charge in [-0.05, 0) is 42.8 Å². The molecule has 5 nitrogen and oxygen atoms in total. The van der Waals surface area contributed by atoms with Gasteiger partial charge in [-0.25, -0.2) is 4.39 Å². The van der Waals surface area contributed by atoms with Crippen molar-refractivity contribution in [2.75, 3.05) is 26.2 Å². The third kappa shape index (κ3) is 3.68. The van der Waals surface area contributed by atoms with E-state index in [0.29, 0.717) is 25.0 Å². The van der Waals surface area contributed by atoms with E-state index in [0.717, 1.165) is 30.6 Å². The van der Waals surface area contributed by atoms with E-state index in [-0.39, 0.29) is 16.9 Å². The van der Waals surface area contributed by atoms with Gasteiger partial charge in [0.25, 0.3) is 5.91 Å². The van der Waals surface area contributed by atoms with Crippen molar-refractivity contribution in [1.82, 2.24) is 14.8 Å². The van der Waals surface area contributed by atoms with Crippen LogP contribution in [0.4, 0.5) is 4.39 Å². The van der Waals surface area contributed by atoms with Gasteiger partial charge in [0.15, 0.2) is 5.43 Å². The van der Waals surface area contributed by atoms with Gasteiger partial charge in [-0.1, -0.05) is 18.2 Å². The molecule has 4 rings (SSSR count).